The van der Waals surface area contributed by atoms with Crippen molar-refractivity contribution in [1.82, 2.24) is 0 Å². The minimum Gasteiger partial charge on any atom is -0.462 e. The van der Waals surface area contributed by atoms with Crippen molar-refractivity contribution in [3.8, 4) is 0 Å². The Labute approximate surface area is 383 Å². The highest BCUT2D eigenvalue weighted by Gasteiger charge is 2.27. The largest absolute Gasteiger partial charge is 0.472 e. The molecule has 0 aromatic rings. The number of hydrogen-bond donors (Lipinski definition) is 3. The van der Waals surface area contributed by atoms with Crippen LogP contribution in [0.1, 0.15) is 181 Å². The summed E-state index contributed by atoms with van der Waals surface area (Å²) >= 11 is 0. The van der Waals surface area contributed by atoms with Crippen LogP contribution in [0.2, 0.25) is 0 Å². The number of hydrogen-bond acceptors (Lipinski definition) is 9. The molecule has 0 saturated carbocycles. The van der Waals surface area contributed by atoms with E-state index >= 15 is 0 Å². The van der Waals surface area contributed by atoms with E-state index in [1.165, 1.54) is 19.3 Å². The lowest BCUT2D eigenvalue weighted by molar-refractivity contribution is -0.161. The van der Waals surface area contributed by atoms with E-state index in [1.54, 1.807) is 0 Å². The van der Waals surface area contributed by atoms with Gasteiger partial charge in [0.15, 0.2) is 6.10 Å². The van der Waals surface area contributed by atoms with Crippen molar-refractivity contribution >= 4 is 19.8 Å². The van der Waals surface area contributed by atoms with Gasteiger partial charge in [0.1, 0.15) is 12.7 Å². The molecule has 0 aliphatic rings. The van der Waals surface area contributed by atoms with Gasteiger partial charge in [-0.25, -0.2) is 4.57 Å². The average molecular weight is 903 g/mol. The van der Waals surface area contributed by atoms with Gasteiger partial charge < -0.3 is 24.6 Å². The highest BCUT2D eigenvalue weighted by molar-refractivity contribution is 7.47. The normalized spacial score (nSPS) is 14.6. The molecule has 11 heteroatoms. The SMILES string of the molecule is CC/C=C\C/C=C\C/C=C\C/C=C\CCCCCCCCCCC(=O)OC(COC(=O)CCCCCCCC/C=C\C/C=C\C/C=C\C/C=C\CC)COP(=O)(O)OCC(O)CO. The van der Waals surface area contributed by atoms with Gasteiger partial charge in [-0.15, -0.1) is 0 Å². The molecule has 0 aromatic heterocycles. The predicted molar refractivity (Wildman–Crippen MR) is 260 cm³/mol. The number of carbonyl (C=O) groups is 2. The lowest BCUT2D eigenvalue weighted by atomic mass is 10.1. The zero-order valence-corrected chi connectivity index (χ0v) is 40.1. The molecule has 0 aliphatic carbocycles. The van der Waals surface area contributed by atoms with Gasteiger partial charge in [-0.05, 0) is 89.9 Å². The Bertz CT molecular complexity index is 1360. The molecule has 0 saturated heterocycles. The molecular weight excluding hydrogens is 816 g/mol. The van der Waals surface area contributed by atoms with E-state index < -0.39 is 51.8 Å². The first-order chi connectivity index (χ1) is 30.7. The van der Waals surface area contributed by atoms with Crippen molar-refractivity contribution in [2.24, 2.45) is 0 Å². The minimum atomic E-state index is -4.64. The third-order valence-electron chi connectivity index (χ3n) is 9.73. The number of unbranched alkanes of at least 4 members (excludes halogenated alkanes) is 14. The fourth-order valence-electron chi connectivity index (χ4n) is 6.09. The van der Waals surface area contributed by atoms with Gasteiger partial charge >= 0.3 is 19.8 Å². The van der Waals surface area contributed by atoms with Crippen LogP contribution >= 0.6 is 7.82 Å². The maximum atomic E-state index is 12.7. The van der Waals surface area contributed by atoms with Crippen molar-refractivity contribution in [3.05, 3.63) is 97.2 Å². The smallest absolute Gasteiger partial charge is 0.462 e. The molecular formula is C52H87O10P. The van der Waals surface area contributed by atoms with E-state index in [2.05, 4.69) is 111 Å². The van der Waals surface area contributed by atoms with Gasteiger partial charge in [0, 0.05) is 12.8 Å². The van der Waals surface area contributed by atoms with Crippen molar-refractivity contribution in [1.29, 1.82) is 0 Å². The average Bonchev–Trinajstić information content (AvgIpc) is 3.27. The fraction of sp³-hybridized carbons (Fsp3) is 0.654. The first kappa shape index (κ1) is 59.9. The van der Waals surface area contributed by atoms with Crippen LogP contribution in [0, 0.1) is 0 Å². The summed E-state index contributed by atoms with van der Waals surface area (Å²) in [5, 5.41) is 18.4. The molecule has 0 spiro atoms. The lowest BCUT2D eigenvalue weighted by Crippen LogP contribution is -2.29. The van der Waals surface area contributed by atoms with E-state index in [-0.39, 0.29) is 19.4 Å². The van der Waals surface area contributed by atoms with Gasteiger partial charge in [0.2, 0.25) is 0 Å². The van der Waals surface area contributed by atoms with E-state index in [0.717, 1.165) is 122 Å². The number of phosphoric ester groups is 1. The summed E-state index contributed by atoms with van der Waals surface area (Å²) < 4.78 is 32.8. The standard InChI is InChI=1S/C52H87O10P/c1-3-5-7-9-11-13-15-17-19-21-23-24-26-28-30-32-34-36-38-40-42-44-52(56)62-50(48-61-63(57,58)60-46-49(54)45-53)47-59-51(55)43-41-39-37-35-33-31-29-27-25-22-20-18-16-14-12-10-8-6-4-2/h5-8,11-14,17-20,23-25,27,49-50,53-54H,3-4,9-10,15-16,21-22,26,28-48H2,1-2H3,(H,57,58)/b7-5-,8-6-,13-11-,14-12-,19-17-,20-18-,24-23-,27-25-. The number of allylic oxidation sites excluding steroid dienone is 16. The van der Waals surface area contributed by atoms with Crippen LogP contribution in [0.5, 0.6) is 0 Å². The second-order valence-electron chi connectivity index (χ2n) is 15.7. The molecule has 0 amide bonds. The van der Waals surface area contributed by atoms with Crippen LogP contribution in [-0.4, -0.2) is 65.7 Å². The summed E-state index contributed by atoms with van der Waals surface area (Å²) in [6.45, 7) is 2.12. The first-order valence-corrected chi connectivity index (χ1v) is 25.7. The number of esters is 2. The molecule has 0 aliphatic heterocycles. The maximum Gasteiger partial charge on any atom is 0.472 e. The van der Waals surface area contributed by atoms with Crippen LogP contribution < -0.4 is 0 Å². The Hall–Kier alpha value is -3.11. The Kier molecular flexibility index (Phi) is 44.6. The molecule has 10 nitrogen and oxygen atoms in total. The second kappa shape index (κ2) is 46.9. The molecule has 0 bridgehead atoms. The van der Waals surface area contributed by atoms with Crippen molar-refractivity contribution < 1.29 is 47.8 Å². The molecule has 0 aromatic carbocycles. The van der Waals surface area contributed by atoms with Gasteiger partial charge in [-0.3, -0.25) is 18.6 Å². The summed E-state index contributed by atoms with van der Waals surface area (Å²) in [5.41, 5.74) is 0. The first-order valence-electron chi connectivity index (χ1n) is 24.2. The number of aliphatic hydroxyl groups is 2. The molecule has 0 radical (unpaired) electrons. The number of ether oxygens (including phenoxy) is 2. The second-order valence-corrected chi connectivity index (χ2v) is 17.2. The highest BCUT2D eigenvalue weighted by Crippen LogP contribution is 2.43. The van der Waals surface area contributed by atoms with Crippen molar-refractivity contribution in [2.45, 2.75) is 193 Å². The third kappa shape index (κ3) is 46.7. The van der Waals surface area contributed by atoms with Crippen LogP contribution in [0.3, 0.4) is 0 Å². The predicted octanol–water partition coefficient (Wildman–Crippen LogP) is 13.6. The molecule has 0 fully saturated rings. The van der Waals surface area contributed by atoms with Crippen LogP contribution in [0.15, 0.2) is 97.2 Å². The summed E-state index contributed by atoms with van der Waals surface area (Å²) in [4.78, 5) is 35.2. The van der Waals surface area contributed by atoms with Crippen LogP contribution in [-0.2, 0) is 32.7 Å². The number of rotatable bonds is 44. The Balaban J connectivity index is 4.28. The maximum absolute atomic E-state index is 12.7. The van der Waals surface area contributed by atoms with Gasteiger partial charge in [0.25, 0.3) is 0 Å². The van der Waals surface area contributed by atoms with Gasteiger partial charge in [0.05, 0.1) is 19.8 Å². The fourth-order valence-corrected chi connectivity index (χ4v) is 6.88. The topological polar surface area (TPSA) is 149 Å². The monoisotopic (exact) mass is 903 g/mol. The summed E-state index contributed by atoms with van der Waals surface area (Å²) in [6, 6.07) is 0. The molecule has 3 N–H and O–H groups in total. The summed E-state index contributed by atoms with van der Waals surface area (Å²) in [5.74, 6) is -0.957. The molecule has 0 heterocycles. The number of phosphoric acid groups is 1. The van der Waals surface area contributed by atoms with Crippen molar-refractivity contribution in [2.75, 3.05) is 26.4 Å². The molecule has 63 heavy (non-hydrogen) atoms. The van der Waals surface area contributed by atoms with Gasteiger partial charge in [-0.2, -0.15) is 0 Å². The van der Waals surface area contributed by atoms with E-state index in [1.807, 2.05) is 0 Å². The van der Waals surface area contributed by atoms with Crippen LogP contribution in [0.4, 0.5) is 0 Å². The summed E-state index contributed by atoms with van der Waals surface area (Å²) in [7, 11) is -4.64. The van der Waals surface area contributed by atoms with E-state index in [4.69, 9.17) is 23.6 Å². The molecule has 360 valence electrons. The van der Waals surface area contributed by atoms with E-state index in [9.17, 15) is 24.2 Å². The minimum absolute atomic E-state index is 0.165. The zero-order valence-electron chi connectivity index (χ0n) is 39.3. The number of carbonyl (C=O) groups excluding carboxylic acids is 2. The summed E-state index contributed by atoms with van der Waals surface area (Å²) in [6.07, 6.45) is 57.9. The number of aliphatic hydroxyl groups excluding tert-OH is 2. The Morgan fingerprint density at radius 3 is 1.24 bits per heavy atom. The van der Waals surface area contributed by atoms with Crippen molar-refractivity contribution in [3.63, 3.8) is 0 Å². The van der Waals surface area contributed by atoms with E-state index in [0.29, 0.717) is 12.8 Å². The highest BCUT2D eigenvalue weighted by atomic mass is 31.2. The lowest BCUT2D eigenvalue weighted by Gasteiger charge is -2.20. The molecule has 3 atom stereocenters. The Morgan fingerprint density at radius 1 is 0.476 bits per heavy atom. The van der Waals surface area contributed by atoms with Gasteiger partial charge in [-0.1, -0.05) is 175 Å². The molecule has 0 rings (SSSR count). The quantitative estimate of drug-likeness (QED) is 0.0233. The zero-order chi connectivity index (χ0) is 46.2. The Morgan fingerprint density at radius 2 is 0.825 bits per heavy atom. The third-order valence-corrected chi connectivity index (χ3v) is 10.7. The van der Waals surface area contributed by atoms with Crippen LogP contribution in [0.25, 0.3) is 0 Å². The molecule has 3 unspecified atom stereocenters.